The highest BCUT2D eigenvalue weighted by Gasteiger charge is 2.09. The molecule has 0 bridgehead atoms. The molecule has 1 aromatic heterocycles. The Morgan fingerprint density at radius 2 is 1.84 bits per heavy atom. The first kappa shape index (κ1) is 13.4. The van der Waals surface area contributed by atoms with Crippen LogP contribution in [0.3, 0.4) is 0 Å². The number of aromatic nitrogens is 1. The molecule has 0 N–H and O–H groups in total. The van der Waals surface area contributed by atoms with Gasteiger partial charge in [0.1, 0.15) is 6.29 Å². The second-order valence-electron chi connectivity index (χ2n) is 4.18. The fraction of sp³-hybridized carbons (Fsp3) is 0.143. The number of sulfone groups is 1. The molecule has 2 aromatic rings. The molecule has 1 aromatic carbocycles. The third-order valence-electron chi connectivity index (χ3n) is 2.75. The van der Waals surface area contributed by atoms with Gasteiger partial charge in [-0.2, -0.15) is 0 Å². The Morgan fingerprint density at radius 3 is 2.42 bits per heavy atom. The van der Waals surface area contributed by atoms with Crippen molar-refractivity contribution in [3.63, 3.8) is 0 Å². The second-order valence-corrected chi connectivity index (χ2v) is 6.19. The molecule has 4 nitrogen and oxygen atoms in total. The minimum absolute atomic E-state index is 0.268. The Bertz CT molecular complexity index is 691. The summed E-state index contributed by atoms with van der Waals surface area (Å²) in [5.41, 5.74) is 2.32. The van der Waals surface area contributed by atoms with E-state index in [4.69, 9.17) is 0 Å². The van der Waals surface area contributed by atoms with Gasteiger partial charge in [0, 0.05) is 24.4 Å². The Balaban J connectivity index is 2.46. The van der Waals surface area contributed by atoms with Gasteiger partial charge < -0.3 is 4.79 Å². The first-order chi connectivity index (χ1) is 9.02. The molecule has 0 spiro atoms. The van der Waals surface area contributed by atoms with Crippen molar-refractivity contribution in [3.05, 3.63) is 48.2 Å². The topological polar surface area (TPSA) is 64.1 Å². The number of hydrogen-bond donors (Lipinski definition) is 0. The lowest BCUT2D eigenvalue weighted by Gasteiger charge is -2.06. The minimum atomic E-state index is -3.20. The lowest BCUT2D eigenvalue weighted by Crippen LogP contribution is -1.97. The summed E-state index contributed by atoms with van der Waals surface area (Å²) in [6.07, 6.45) is 3.93. The third kappa shape index (κ3) is 3.06. The molecule has 0 saturated heterocycles. The Hall–Kier alpha value is -2.01. The highest BCUT2D eigenvalue weighted by Crippen LogP contribution is 2.22. The van der Waals surface area contributed by atoms with E-state index in [1.807, 2.05) is 6.07 Å². The molecule has 1 heterocycles. The summed E-state index contributed by atoms with van der Waals surface area (Å²) in [6, 6.07) is 10.1. The summed E-state index contributed by atoms with van der Waals surface area (Å²) < 4.78 is 22.8. The molecular formula is C14H13NO3S. The molecule has 0 aliphatic carbocycles. The summed E-state index contributed by atoms with van der Waals surface area (Å²) in [4.78, 5) is 15.2. The molecule has 0 saturated carbocycles. The van der Waals surface area contributed by atoms with Crippen LogP contribution in [0.4, 0.5) is 0 Å². The van der Waals surface area contributed by atoms with Crippen LogP contribution in [0.25, 0.3) is 11.3 Å². The monoisotopic (exact) mass is 275 g/mol. The maximum absolute atomic E-state index is 11.4. The second kappa shape index (κ2) is 5.32. The number of rotatable bonds is 4. The van der Waals surface area contributed by atoms with Gasteiger partial charge in [0.15, 0.2) is 9.84 Å². The van der Waals surface area contributed by atoms with E-state index in [0.717, 1.165) is 17.4 Å². The number of carbonyl (C=O) groups excluding carboxylic acids is 1. The van der Waals surface area contributed by atoms with Gasteiger partial charge >= 0.3 is 0 Å². The van der Waals surface area contributed by atoms with E-state index in [9.17, 15) is 13.2 Å². The molecule has 0 unspecified atom stereocenters. The summed E-state index contributed by atoms with van der Waals surface area (Å²) >= 11 is 0. The zero-order valence-corrected chi connectivity index (χ0v) is 11.2. The normalized spacial score (nSPS) is 11.2. The summed E-state index contributed by atoms with van der Waals surface area (Å²) in [7, 11) is -3.20. The standard InChI is InChI=1S/C14H13NO3S/c1-19(17,18)13-6-4-12(5-7-13)14-11(8-10-16)3-2-9-15-14/h2-7,9-10H,8H2,1H3. The lowest BCUT2D eigenvalue weighted by molar-refractivity contribution is -0.107. The van der Waals surface area contributed by atoms with Crippen LogP contribution in [0.2, 0.25) is 0 Å². The van der Waals surface area contributed by atoms with Gasteiger partial charge in [-0.3, -0.25) is 4.98 Å². The van der Waals surface area contributed by atoms with Gasteiger partial charge in [-0.05, 0) is 23.8 Å². The lowest BCUT2D eigenvalue weighted by atomic mass is 10.0. The van der Waals surface area contributed by atoms with E-state index >= 15 is 0 Å². The van der Waals surface area contributed by atoms with Crippen molar-refractivity contribution in [1.29, 1.82) is 0 Å². The average Bonchev–Trinajstić information content (AvgIpc) is 2.39. The van der Waals surface area contributed by atoms with Crippen LogP contribution < -0.4 is 0 Å². The summed E-state index contributed by atoms with van der Waals surface area (Å²) in [5.74, 6) is 0. The highest BCUT2D eigenvalue weighted by molar-refractivity contribution is 7.90. The number of nitrogens with zero attached hydrogens (tertiary/aromatic N) is 1. The number of benzene rings is 1. The Morgan fingerprint density at radius 1 is 1.16 bits per heavy atom. The van der Waals surface area contributed by atoms with Gasteiger partial charge in [0.2, 0.25) is 0 Å². The maximum Gasteiger partial charge on any atom is 0.175 e. The van der Waals surface area contributed by atoms with Gasteiger partial charge in [0.05, 0.1) is 10.6 Å². The molecule has 0 amide bonds. The number of hydrogen-bond acceptors (Lipinski definition) is 4. The summed E-state index contributed by atoms with van der Waals surface area (Å²) in [6.45, 7) is 0. The van der Waals surface area contributed by atoms with Gasteiger partial charge in [0.25, 0.3) is 0 Å². The van der Waals surface area contributed by atoms with Crippen molar-refractivity contribution in [2.75, 3.05) is 6.26 Å². The first-order valence-electron chi connectivity index (χ1n) is 5.70. The molecule has 2 rings (SSSR count). The third-order valence-corrected chi connectivity index (χ3v) is 3.88. The van der Waals surface area contributed by atoms with E-state index < -0.39 is 9.84 Å². The molecule has 5 heteroatoms. The van der Waals surface area contributed by atoms with Crippen molar-refractivity contribution in [1.82, 2.24) is 4.98 Å². The van der Waals surface area contributed by atoms with Crippen LogP contribution >= 0.6 is 0 Å². The highest BCUT2D eigenvalue weighted by atomic mass is 32.2. The van der Waals surface area contributed by atoms with Crippen LogP contribution in [0.15, 0.2) is 47.5 Å². The predicted octanol–water partition coefficient (Wildman–Crippen LogP) is 1.89. The van der Waals surface area contributed by atoms with E-state index in [-0.39, 0.29) is 11.3 Å². The molecular weight excluding hydrogens is 262 g/mol. The zero-order chi connectivity index (χ0) is 13.9. The number of carbonyl (C=O) groups is 1. The van der Waals surface area contributed by atoms with E-state index in [2.05, 4.69) is 4.98 Å². The quantitative estimate of drug-likeness (QED) is 0.799. The zero-order valence-electron chi connectivity index (χ0n) is 10.4. The molecule has 98 valence electrons. The molecule has 0 atom stereocenters. The van der Waals surface area contributed by atoms with Crippen LogP contribution in [0, 0.1) is 0 Å². The van der Waals surface area contributed by atoms with Crippen LogP contribution in [-0.2, 0) is 21.1 Å². The van der Waals surface area contributed by atoms with Gasteiger partial charge in [-0.1, -0.05) is 18.2 Å². The predicted molar refractivity (Wildman–Crippen MR) is 72.6 cm³/mol. The fourth-order valence-corrected chi connectivity index (χ4v) is 2.44. The number of pyridine rings is 1. The molecule has 0 radical (unpaired) electrons. The summed E-state index contributed by atoms with van der Waals surface area (Å²) in [5, 5.41) is 0. The van der Waals surface area contributed by atoms with E-state index in [0.29, 0.717) is 5.69 Å². The SMILES string of the molecule is CS(=O)(=O)c1ccc(-c2ncccc2CC=O)cc1. The van der Waals surface area contributed by atoms with Crippen molar-refractivity contribution < 1.29 is 13.2 Å². The van der Waals surface area contributed by atoms with Crippen molar-refractivity contribution in [2.45, 2.75) is 11.3 Å². The van der Waals surface area contributed by atoms with E-state index in [1.54, 1.807) is 36.5 Å². The first-order valence-corrected chi connectivity index (χ1v) is 7.59. The van der Waals surface area contributed by atoms with Crippen LogP contribution in [0.5, 0.6) is 0 Å². The van der Waals surface area contributed by atoms with Crippen LogP contribution in [0.1, 0.15) is 5.56 Å². The Labute approximate surface area is 112 Å². The fourth-order valence-electron chi connectivity index (χ4n) is 1.81. The molecule has 0 fully saturated rings. The van der Waals surface area contributed by atoms with Gasteiger partial charge in [-0.25, -0.2) is 8.42 Å². The van der Waals surface area contributed by atoms with Crippen molar-refractivity contribution >= 4 is 16.1 Å². The largest absolute Gasteiger partial charge is 0.303 e. The van der Waals surface area contributed by atoms with E-state index in [1.165, 1.54) is 6.26 Å². The number of aldehydes is 1. The van der Waals surface area contributed by atoms with Crippen LogP contribution in [-0.4, -0.2) is 25.9 Å². The van der Waals surface area contributed by atoms with Crippen molar-refractivity contribution in [2.24, 2.45) is 0 Å². The molecule has 19 heavy (non-hydrogen) atoms. The molecule has 0 aliphatic rings. The molecule has 0 aliphatic heterocycles. The minimum Gasteiger partial charge on any atom is -0.303 e. The van der Waals surface area contributed by atoms with Gasteiger partial charge in [-0.15, -0.1) is 0 Å². The van der Waals surface area contributed by atoms with Crippen molar-refractivity contribution in [3.8, 4) is 11.3 Å². The maximum atomic E-state index is 11.4. The average molecular weight is 275 g/mol. The Kier molecular flexibility index (Phi) is 3.76. The smallest absolute Gasteiger partial charge is 0.175 e.